The number of anilines is 1. The molecule has 0 bridgehead atoms. The lowest BCUT2D eigenvalue weighted by Gasteiger charge is -2.32. The molecule has 6 heteroatoms. The Morgan fingerprint density at radius 3 is 2.32 bits per heavy atom. The largest absolute Gasteiger partial charge is 0.339 e. The highest BCUT2D eigenvalue weighted by atomic mass is 32.2. The van der Waals surface area contributed by atoms with E-state index >= 15 is 0 Å². The van der Waals surface area contributed by atoms with Gasteiger partial charge in [-0.15, -0.1) is 0 Å². The Morgan fingerprint density at radius 2 is 1.61 bits per heavy atom. The Labute approximate surface area is 183 Å². The normalized spacial score (nSPS) is 14.9. The van der Waals surface area contributed by atoms with E-state index in [9.17, 15) is 13.2 Å². The summed E-state index contributed by atoms with van der Waals surface area (Å²) in [6.45, 7) is 3.23. The van der Waals surface area contributed by atoms with Crippen LogP contribution in [-0.2, 0) is 10.0 Å². The van der Waals surface area contributed by atoms with Crippen LogP contribution in [0, 0.1) is 6.92 Å². The van der Waals surface area contributed by atoms with Crippen molar-refractivity contribution in [3.8, 4) is 0 Å². The molecule has 0 aromatic heterocycles. The first-order valence-electron chi connectivity index (χ1n) is 10.5. The molecular formula is C25H26N2O3S. The molecule has 31 heavy (non-hydrogen) atoms. The van der Waals surface area contributed by atoms with E-state index in [1.807, 2.05) is 36.1 Å². The molecule has 0 saturated carbocycles. The van der Waals surface area contributed by atoms with E-state index in [0.29, 0.717) is 30.3 Å². The number of hydrogen-bond acceptors (Lipinski definition) is 3. The summed E-state index contributed by atoms with van der Waals surface area (Å²) in [5.41, 5.74) is 3.16. The Hall–Kier alpha value is -3.12. The quantitative estimate of drug-likeness (QED) is 0.626. The van der Waals surface area contributed by atoms with E-state index in [0.717, 1.165) is 18.4 Å². The lowest BCUT2D eigenvalue weighted by Crippen LogP contribution is -2.38. The Balaban J connectivity index is 1.46. The maximum Gasteiger partial charge on any atom is 0.261 e. The van der Waals surface area contributed by atoms with Crippen LogP contribution in [0.3, 0.4) is 0 Å². The summed E-state index contributed by atoms with van der Waals surface area (Å²) in [6.07, 6.45) is 1.81. The third kappa shape index (κ3) is 4.97. The zero-order valence-corrected chi connectivity index (χ0v) is 18.3. The van der Waals surface area contributed by atoms with Crippen LogP contribution in [0.1, 0.15) is 40.2 Å². The topological polar surface area (TPSA) is 66.5 Å². The van der Waals surface area contributed by atoms with Gasteiger partial charge in [0.1, 0.15) is 0 Å². The minimum absolute atomic E-state index is 0.0824. The summed E-state index contributed by atoms with van der Waals surface area (Å²) in [5, 5.41) is 0. The highest BCUT2D eigenvalue weighted by molar-refractivity contribution is 7.92. The fourth-order valence-corrected chi connectivity index (χ4v) is 5.14. The highest BCUT2D eigenvalue weighted by Gasteiger charge is 2.25. The third-order valence-corrected chi connectivity index (χ3v) is 7.09. The van der Waals surface area contributed by atoms with Crippen molar-refractivity contribution in [2.24, 2.45) is 0 Å². The number of carbonyl (C=O) groups is 1. The molecule has 1 aliphatic heterocycles. The number of nitrogens with zero attached hydrogens (tertiary/aromatic N) is 1. The van der Waals surface area contributed by atoms with Gasteiger partial charge in [0.25, 0.3) is 15.9 Å². The van der Waals surface area contributed by atoms with Gasteiger partial charge in [-0.2, -0.15) is 0 Å². The number of likely N-dealkylation sites (tertiary alicyclic amines) is 1. The summed E-state index contributed by atoms with van der Waals surface area (Å²) in [4.78, 5) is 14.9. The van der Waals surface area contributed by atoms with Gasteiger partial charge in [0.15, 0.2) is 0 Å². The van der Waals surface area contributed by atoms with Gasteiger partial charge in [-0.3, -0.25) is 9.52 Å². The molecule has 3 aromatic rings. The van der Waals surface area contributed by atoms with Crippen LogP contribution in [0.15, 0.2) is 83.8 Å². The van der Waals surface area contributed by atoms with Gasteiger partial charge in [0, 0.05) is 24.3 Å². The van der Waals surface area contributed by atoms with Crippen LogP contribution in [-0.4, -0.2) is 32.3 Å². The number of aryl methyl sites for hydroxylation is 1. The predicted octanol–water partition coefficient (Wildman–Crippen LogP) is 4.82. The maximum atomic E-state index is 13.0. The van der Waals surface area contributed by atoms with Crippen LogP contribution in [0.2, 0.25) is 0 Å². The van der Waals surface area contributed by atoms with Gasteiger partial charge in [-0.1, -0.05) is 48.5 Å². The molecule has 3 aromatic carbocycles. The van der Waals surface area contributed by atoms with Gasteiger partial charge >= 0.3 is 0 Å². The summed E-state index contributed by atoms with van der Waals surface area (Å²) in [6, 6.07) is 23.8. The number of nitrogens with one attached hydrogen (secondary N) is 1. The van der Waals surface area contributed by atoms with Crippen molar-refractivity contribution in [3.63, 3.8) is 0 Å². The zero-order chi connectivity index (χ0) is 21.8. The van der Waals surface area contributed by atoms with Crippen molar-refractivity contribution < 1.29 is 13.2 Å². The molecule has 1 heterocycles. The van der Waals surface area contributed by atoms with Crippen molar-refractivity contribution >= 4 is 21.6 Å². The van der Waals surface area contributed by atoms with Crippen LogP contribution >= 0.6 is 0 Å². The van der Waals surface area contributed by atoms with Crippen molar-refractivity contribution in [3.05, 3.63) is 95.6 Å². The second-order valence-corrected chi connectivity index (χ2v) is 9.66. The molecule has 160 valence electrons. The van der Waals surface area contributed by atoms with Crippen molar-refractivity contribution in [1.29, 1.82) is 0 Å². The lowest BCUT2D eigenvalue weighted by atomic mass is 9.89. The first-order valence-corrected chi connectivity index (χ1v) is 11.9. The monoisotopic (exact) mass is 434 g/mol. The van der Waals surface area contributed by atoms with Crippen LogP contribution in [0.5, 0.6) is 0 Å². The number of amides is 1. The summed E-state index contributed by atoms with van der Waals surface area (Å²) >= 11 is 0. The van der Waals surface area contributed by atoms with Crippen LogP contribution in [0.25, 0.3) is 0 Å². The van der Waals surface area contributed by atoms with Gasteiger partial charge in [0.2, 0.25) is 0 Å². The van der Waals surface area contributed by atoms with Gasteiger partial charge in [-0.05, 0) is 67.1 Å². The van der Waals surface area contributed by atoms with Gasteiger partial charge in [-0.25, -0.2) is 8.42 Å². The number of piperidine rings is 1. The van der Waals surface area contributed by atoms with E-state index in [1.54, 1.807) is 30.3 Å². The minimum atomic E-state index is -3.78. The van der Waals surface area contributed by atoms with Crippen molar-refractivity contribution in [2.45, 2.75) is 30.6 Å². The molecule has 4 rings (SSSR count). The molecule has 0 unspecified atom stereocenters. The second kappa shape index (κ2) is 8.94. The molecule has 1 amide bonds. The van der Waals surface area contributed by atoms with E-state index in [2.05, 4.69) is 16.9 Å². The smallest absolute Gasteiger partial charge is 0.261 e. The summed E-state index contributed by atoms with van der Waals surface area (Å²) in [5.74, 6) is 0.328. The van der Waals surface area contributed by atoms with Crippen LogP contribution < -0.4 is 4.72 Å². The third-order valence-electron chi connectivity index (χ3n) is 5.71. The lowest BCUT2D eigenvalue weighted by molar-refractivity contribution is 0.0712. The number of carbonyl (C=O) groups excluding carboxylic acids is 1. The molecule has 0 radical (unpaired) electrons. The van der Waals surface area contributed by atoms with E-state index in [1.165, 1.54) is 17.7 Å². The number of rotatable bonds is 5. The molecule has 5 nitrogen and oxygen atoms in total. The standard InChI is InChI=1S/C25H26N2O3S/c1-19-7-5-11-23(17-19)26-31(29,30)24-12-6-10-22(18-24)25(28)27-15-13-21(14-16-27)20-8-3-2-4-9-20/h2-12,17-18,21,26H,13-16H2,1H3. The van der Waals surface area contributed by atoms with Gasteiger partial charge < -0.3 is 4.90 Å². The Bertz CT molecular complexity index is 1170. The minimum Gasteiger partial charge on any atom is -0.339 e. The molecule has 0 atom stereocenters. The average Bonchev–Trinajstić information content (AvgIpc) is 2.79. The van der Waals surface area contributed by atoms with E-state index in [-0.39, 0.29) is 10.8 Å². The molecule has 1 fully saturated rings. The first-order chi connectivity index (χ1) is 14.9. The maximum absolute atomic E-state index is 13.0. The summed E-state index contributed by atoms with van der Waals surface area (Å²) < 4.78 is 28.2. The van der Waals surface area contributed by atoms with Crippen molar-refractivity contribution in [2.75, 3.05) is 17.8 Å². The van der Waals surface area contributed by atoms with Crippen molar-refractivity contribution in [1.82, 2.24) is 4.90 Å². The molecule has 0 spiro atoms. The summed E-state index contributed by atoms with van der Waals surface area (Å²) in [7, 11) is -3.78. The zero-order valence-electron chi connectivity index (χ0n) is 17.5. The fourth-order valence-electron chi connectivity index (χ4n) is 4.04. The molecular weight excluding hydrogens is 408 g/mol. The predicted molar refractivity (Wildman–Crippen MR) is 123 cm³/mol. The average molecular weight is 435 g/mol. The molecule has 1 saturated heterocycles. The Morgan fingerprint density at radius 1 is 0.903 bits per heavy atom. The second-order valence-electron chi connectivity index (χ2n) is 7.98. The number of benzene rings is 3. The Kier molecular flexibility index (Phi) is 6.09. The van der Waals surface area contributed by atoms with E-state index < -0.39 is 10.0 Å². The number of hydrogen-bond donors (Lipinski definition) is 1. The number of sulfonamides is 1. The fraction of sp³-hybridized carbons (Fsp3) is 0.240. The molecule has 1 aliphatic rings. The molecule has 1 N–H and O–H groups in total. The van der Waals surface area contributed by atoms with E-state index in [4.69, 9.17) is 0 Å². The van der Waals surface area contributed by atoms with Crippen LogP contribution in [0.4, 0.5) is 5.69 Å². The SMILES string of the molecule is Cc1cccc(NS(=O)(=O)c2cccc(C(=O)N3CCC(c4ccccc4)CC3)c2)c1. The highest BCUT2D eigenvalue weighted by Crippen LogP contribution is 2.28. The first kappa shape index (κ1) is 21.1. The molecule has 0 aliphatic carbocycles. The van der Waals surface area contributed by atoms with Gasteiger partial charge in [0.05, 0.1) is 4.90 Å².